The Morgan fingerprint density at radius 1 is 1.38 bits per heavy atom. The highest BCUT2D eigenvalue weighted by atomic mass is 16.5. The third-order valence-electron chi connectivity index (χ3n) is 3.41. The predicted octanol–water partition coefficient (Wildman–Crippen LogP) is 0.991. The predicted molar refractivity (Wildman–Crippen MR) is 62.7 cm³/mol. The molecule has 2 aliphatic heterocycles. The number of nitrogen functional groups attached to an aromatic ring is 1. The van der Waals surface area contributed by atoms with Crippen LogP contribution in [0, 0.1) is 0 Å². The van der Waals surface area contributed by atoms with Crippen LogP contribution < -0.4 is 15.4 Å². The molecule has 2 atom stereocenters. The Labute approximate surface area is 94.6 Å². The van der Waals surface area contributed by atoms with E-state index in [4.69, 9.17) is 10.5 Å². The number of piperidine rings is 1. The normalized spacial score (nSPS) is 27.9. The molecule has 1 aromatic carbocycles. The Hall–Kier alpha value is -1.42. The van der Waals surface area contributed by atoms with E-state index in [9.17, 15) is 5.11 Å². The molecule has 4 heteroatoms. The Morgan fingerprint density at radius 3 is 3.12 bits per heavy atom. The summed E-state index contributed by atoms with van der Waals surface area (Å²) in [5.41, 5.74) is 7.51. The summed E-state index contributed by atoms with van der Waals surface area (Å²) in [7, 11) is 0. The number of fused-ring (bicyclic) bond motifs is 3. The van der Waals surface area contributed by atoms with Crippen LogP contribution in [-0.2, 0) is 0 Å². The minimum absolute atomic E-state index is 0.222. The summed E-state index contributed by atoms with van der Waals surface area (Å²) in [5.74, 6) is 0.838. The highest BCUT2D eigenvalue weighted by molar-refractivity contribution is 5.66. The molecule has 0 amide bonds. The zero-order valence-electron chi connectivity index (χ0n) is 9.10. The van der Waals surface area contributed by atoms with Crippen LogP contribution in [0.3, 0.4) is 0 Å². The van der Waals surface area contributed by atoms with Gasteiger partial charge in [-0.25, -0.2) is 0 Å². The van der Waals surface area contributed by atoms with Crippen molar-refractivity contribution in [2.75, 3.05) is 23.8 Å². The number of hydrogen-bond donors (Lipinski definition) is 2. The molecule has 4 nitrogen and oxygen atoms in total. The van der Waals surface area contributed by atoms with Crippen molar-refractivity contribution in [1.82, 2.24) is 0 Å². The van der Waals surface area contributed by atoms with Crippen molar-refractivity contribution in [2.24, 2.45) is 0 Å². The highest BCUT2D eigenvalue weighted by Gasteiger charge is 2.32. The molecule has 2 unspecified atom stereocenters. The van der Waals surface area contributed by atoms with E-state index in [2.05, 4.69) is 4.90 Å². The molecule has 0 spiro atoms. The fourth-order valence-electron chi connectivity index (χ4n) is 2.55. The molecular formula is C12H16N2O2. The molecule has 0 saturated carbocycles. The van der Waals surface area contributed by atoms with Gasteiger partial charge in [-0.1, -0.05) is 0 Å². The van der Waals surface area contributed by atoms with Crippen molar-refractivity contribution in [1.29, 1.82) is 0 Å². The number of benzene rings is 1. The number of nitrogens with two attached hydrogens (primary N) is 1. The molecule has 1 fully saturated rings. The lowest BCUT2D eigenvalue weighted by Crippen LogP contribution is -2.50. The maximum absolute atomic E-state index is 9.72. The van der Waals surface area contributed by atoms with E-state index >= 15 is 0 Å². The summed E-state index contributed by atoms with van der Waals surface area (Å²) in [4.78, 5) is 2.24. The Kier molecular flexibility index (Phi) is 2.17. The van der Waals surface area contributed by atoms with Crippen molar-refractivity contribution >= 4 is 11.4 Å². The molecule has 1 aromatic rings. The molecular weight excluding hydrogens is 204 g/mol. The van der Waals surface area contributed by atoms with Gasteiger partial charge in [0.15, 0.2) is 0 Å². The molecule has 2 heterocycles. The lowest BCUT2D eigenvalue weighted by atomic mass is 9.98. The number of hydrogen-bond acceptors (Lipinski definition) is 4. The number of rotatable bonds is 0. The number of aliphatic hydroxyl groups excluding tert-OH is 1. The summed E-state index contributed by atoms with van der Waals surface area (Å²) in [6, 6.07) is 6.12. The van der Waals surface area contributed by atoms with E-state index in [1.165, 1.54) is 0 Å². The summed E-state index contributed by atoms with van der Waals surface area (Å²) in [6.07, 6.45) is 1.64. The fraction of sp³-hybridized carbons (Fsp3) is 0.500. The quantitative estimate of drug-likeness (QED) is 0.640. The maximum Gasteiger partial charge on any atom is 0.144 e. The van der Waals surface area contributed by atoms with Crippen LogP contribution in [0.1, 0.15) is 12.8 Å². The van der Waals surface area contributed by atoms with Crippen molar-refractivity contribution in [3.63, 3.8) is 0 Å². The fourth-order valence-corrected chi connectivity index (χ4v) is 2.55. The number of aliphatic hydroxyl groups is 1. The standard InChI is InChI=1S/C12H16N2O2/c13-8-1-4-11-12(5-8)16-7-9-2-3-10(15)6-14(9)11/h1,4-5,9-10,15H,2-3,6-7,13H2. The van der Waals surface area contributed by atoms with Gasteiger partial charge in [0.25, 0.3) is 0 Å². The largest absolute Gasteiger partial charge is 0.489 e. The van der Waals surface area contributed by atoms with E-state index in [1.54, 1.807) is 0 Å². The molecule has 2 aliphatic rings. The first kappa shape index (κ1) is 9.78. The minimum Gasteiger partial charge on any atom is -0.489 e. The van der Waals surface area contributed by atoms with Crippen molar-refractivity contribution < 1.29 is 9.84 Å². The number of ether oxygens (including phenoxy) is 1. The molecule has 1 saturated heterocycles. The highest BCUT2D eigenvalue weighted by Crippen LogP contribution is 2.38. The lowest BCUT2D eigenvalue weighted by Gasteiger charge is -2.43. The van der Waals surface area contributed by atoms with Crippen LogP contribution in [0.2, 0.25) is 0 Å². The topological polar surface area (TPSA) is 58.7 Å². The van der Waals surface area contributed by atoms with Gasteiger partial charge in [-0.05, 0) is 25.0 Å². The van der Waals surface area contributed by atoms with E-state index in [0.717, 1.165) is 30.0 Å². The van der Waals surface area contributed by atoms with Crippen LogP contribution in [0.5, 0.6) is 5.75 Å². The smallest absolute Gasteiger partial charge is 0.144 e. The number of nitrogens with zero attached hydrogens (tertiary/aromatic N) is 1. The third kappa shape index (κ3) is 1.50. The van der Waals surface area contributed by atoms with E-state index in [0.29, 0.717) is 19.2 Å². The first-order valence-corrected chi connectivity index (χ1v) is 5.71. The van der Waals surface area contributed by atoms with Gasteiger partial charge >= 0.3 is 0 Å². The Bertz CT molecular complexity index is 408. The SMILES string of the molecule is Nc1ccc2c(c1)OCC1CCC(O)CN21. The second kappa shape index (κ2) is 3.56. The zero-order chi connectivity index (χ0) is 11.1. The molecule has 0 aromatic heterocycles. The van der Waals surface area contributed by atoms with Gasteiger partial charge in [0.05, 0.1) is 17.8 Å². The molecule has 3 rings (SSSR count). The van der Waals surface area contributed by atoms with Gasteiger partial charge in [-0.3, -0.25) is 0 Å². The molecule has 0 aliphatic carbocycles. The van der Waals surface area contributed by atoms with Crippen LogP contribution in [0.4, 0.5) is 11.4 Å². The molecule has 0 bridgehead atoms. The van der Waals surface area contributed by atoms with E-state index in [-0.39, 0.29) is 6.10 Å². The minimum atomic E-state index is -0.222. The van der Waals surface area contributed by atoms with Crippen molar-refractivity contribution in [2.45, 2.75) is 25.0 Å². The Morgan fingerprint density at radius 2 is 2.25 bits per heavy atom. The molecule has 16 heavy (non-hydrogen) atoms. The lowest BCUT2D eigenvalue weighted by molar-refractivity contribution is 0.123. The first-order valence-electron chi connectivity index (χ1n) is 5.71. The Balaban J connectivity index is 1.97. The number of anilines is 2. The third-order valence-corrected chi connectivity index (χ3v) is 3.41. The van der Waals surface area contributed by atoms with Crippen molar-refractivity contribution in [3.05, 3.63) is 18.2 Å². The second-order valence-electron chi connectivity index (χ2n) is 4.58. The molecule has 86 valence electrons. The average Bonchev–Trinajstić information content (AvgIpc) is 2.28. The van der Waals surface area contributed by atoms with E-state index in [1.807, 2.05) is 18.2 Å². The van der Waals surface area contributed by atoms with Gasteiger partial charge in [0, 0.05) is 18.3 Å². The zero-order valence-corrected chi connectivity index (χ0v) is 9.10. The summed E-state index contributed by atoms with van der Waals surface area (Å²) in [6.45, 7) is 1.40. The van der Waals surface area contributed by atoms with Gasteiger partial charge in [0.2, 0.25) is 0 Å². The second-order valence-corrected chi connectivity index (χ2v) is 4.58. The maximum atomic E-state index is 9.72. The van der Waals surface area contributed by atoms with Gasteiger partial charge in [0.1, 0.15) is 12.4 Å². The summed E-state index contributed by atoms with van der Waals surface area (Å²) >= 11 is 0. The van der Waals surface area contributed by atoms with Crippen LogP contribution >= 0.6 is 0 Å². The van der Waals surface area contributed by atoms with Crippen LogP contribution in [0.25, 0.3) is 0 Å². The van der Waals surface area contributed by atoms with Gasteiger partial charge < -0.3 is 20.5 Å². The van der Waals surface area contributed by atoms with Crippen LogP contribution in [0.15, 0.2) is 18.2 Å². The molecule has 0 radical (unpaired) electrons. The average molecular weight is 220 g/mol. The van der Waals surface area contributed by atoms with Gasteiger partial charge in [-0.2, -0.15) is 0 Å². The molecule has 3 N–H and O–H groups in total. The first-order chi connectivity index (χ1) is 7.74. The van der Waals surface area contributed by atoms with Crippen molar-refractivity contribution in [3.8, 4) is 5.75 Å². The van der Waals surface area contributed by atoms with Crippen LogP contribution in [-0.4, -0.2) is 30.4 Å². The van der Waals surface area contributed by atoms with E-state index < -0.39 is 0 Å². The summed E-state index contributed by atoms with van der Waals surface area (Å²) < 4.78 is 5.71. The monoisotopic (exact) mass is 220 g/mol. The van der Waals surface area contributed by atoms with Gasteiger partial charge in [-0.15, -0.1) is 0 Å². The summed E-state index contributed by atoms with van der Waals surface area (Å²) in [5, 5.41) is 9.72.